The molecule has 1 aromatic carbocycles. The third-order valence-corrected chi connectivity index (χ3v) is 5.32. The highest BCUT2D eigenvalue weighted by atomic mass is 35.5. The number of piperidine rings is 1. The Bertz CT molecular complexity index is 544. The molecule has 0 aromatic heterocycles. The first kappa shape index (κ1) is 17.7. The first-order valence-corrected chi connectivity index (χ1v) is 9.18. The second-order valence-corrected chi connectivity index (χ2v) is 7.09. The second-order valence-electron chi connectivity index (χ2n) is 6.65. The highest BCUT2D eigenvalue weighted by Crippen LogP contribution is 2.30. The number of carbonyl (C=O) groups is 1. The van der Waals surface area contributed by atoms with E-state index in [1.165, 1.54) is 5.56 Å². The smallest absolute Gasteiger partial charge is 0.320 e. The van der Waals surface area contributed by atoms with Crippen LogP contribution in [0.15, 0.2) is 24.3 Å². The van der Waals surface area contributed by atoms with Gasteiger partial charge in [0.25, 0.3) is 0 Å². The summed E-state index contributed by atoms with van der Waals surface area (Å²) in [6.07, 6.45) is 3.32. The molecule has 0 aliphatic carbocycles. The van der Waals surface area contributed by atoms with Crippen LogP contribution in [0.4, 0.5) is 0 Å². The average Bonchev–Trinajstić information content (AvgIpc) is 3.06. The zero-order chi connectivity index (χ0) is 16.9. The predicted octanol–water partition coefficient (Wildman–Crippen LogP) is 2.52. The fourth-order valence-electron chi connectivity index (χ4n) is 3.71. The van der Waals surface area contributed by atoms with E-state index in [0.717, 1.165) is 37.4 Å². The molecule has 2 heterocycles. The lowest BCUT2D eigenvalue weighted by atomic mass is 9.86. The Kier molecular flexibility index (Phi) is 6.11. The summed E-state index contributed by atoms with van der Waals surface area (Å²) in [5.41, 5.74) is 8.16. The van der Waals surface area contributed by atoms with E-state index in [4.69, 9.17) is 16.3 Å². The van der Waals surface area contributed by atoms with Crippen molar-refractivity contribution >= 4 is 17.6 Å². The molecule has 2 atom stereocenters. The van der Waals surface area contributed by atoms with Crippen molar-refractivity contribution in [2.45, 2.75) is 38.3 Å². The lowest BCUT2D eigenvalue weighted by molar-refractivity contribution is -0.144. The summed E-state index contributed by atoms with van der Waals surface area (Å²) < 4.78 is 5.03. The van der Waals surface area contributed by atoms with Gasteiger partial charge in [0.05, 0.1) is 13.2 Å². The van der Waals surface area contributed by atoms with Crippen molar-refractivity contribution in [1.29, 1.82) is 0 Å². The number of esters is 1. The maximum atomic E-state index is 11.6. The Morgan fingerprint density at radius 1 is 1.25 bits per heavy atom. The first-order valence-electron chi connectivity index (χ1n) is 8.80. The Morgan fingerprint density at radius 2 is 1.96 bits per heavy atom. The molecule has 6 heteroatoms. The first-order chi connectivity index (χ1) is 11.7. The van der Waals surface area contributed by atoms with Crippen LogP contribution in [-0.4, -0.2) is 43.2 Å². The average molecular weight is 352 g/mol. The third kappa shape index (κ3) is 4.48. The minimum Gasteiger partial charge on any atom is -0.465 e. The summed E-state index contributed by atoms with van der Waals surface area (Å²) in [5.74, 6) is 0.535. The number of ether oxygens (including phenoxy) is 1. The molecule has 2 unspecified atom stereocenters. The maximum Gasteiger partial charge on any atom is 0.320 e. The molecule has 0 spiro atoms. The van der Waals surface area contributed by atoms with E-state index in [1.54, 1.807) is 0 Å². The van der Waals surface area contributed by atoms with Crippen LogP contribution in [-0.2, 0) is 9.53 Å². The molecule has 2 N–H and O–H groups in total. The van der Waals surface area contributed by atoms with Gasteiger partial charge in [0.15, 0.2) is 0 Å². The van der Waals surface area contributed by atoms with Gasteiger partial charge in [0, 0.05) is 17.1 Å². The summed E-state index contributed by atoms with van der Waals surface area (Å²) in [5, 5.41) is 0.773. The molecular weight excluding hydrogens is 326 g/mol. The van der Waals surface area contributed by atoms with Crippen molar-refractivity contribution < 1.29 is 9.53 Å². The van der Waals surface area contributed by atoms with E-state index in [-0.39, 0.29) is 5.97 Å². The zero-order valence-electron chi connectivity index (χ0n) is 14.1. The number of nitrogens with one attached hydrogen (secondary N) is 2. The molecule has 0 amide bonds. The number of benzene rings is 1. The number of nitrogens with zero attached hydrogens (tertiary/aromatic N) is 1. The predicted molar refractivity (Wildman–Crippen MR) is 94.7 cm³/mol. The van der Waals surface area contributed by atoms with Crippen molar-refractivity contribution in [2.24, 2.45) is 5.92 Å². The summed E-state index contributed by atoms with van der Waals surface area (Å²) in [4.78, 5) is 13.8. The molecule has 0 radical (unpaired) electrons. The summed E-state index contributed by atoms with van der Waals surface area (Å²) in [6.45, 7) is 4.66. The van der Waals surface area contributed by atoms with Crippen LogP contribution in [0.3, 0.4) is 0 Å². The van der Waals surface area contributed by atoms with Crippen LogP contribution >= 0.6 is 11.6 Å². The van der Waals surface area contributed by atoms with Crippen LogP contribution < -0.4 is 10.9 Å². The van der Waals surface area contributed by atoms with Gasteiger partial charge >= 0.3 is 5.97 Å². The molecule has 2 aliphatic heterocycles. The summed E-state index contributed by atoms with van der Waals surface area (Å²) in [6, 6.07) is 8.89. The second kappa shape index (κ2) is 8.30. The topological polar surface area (TPSA) is 53.6 Å². The van der Waals surface area contributed by atoms with Crippen LogP contribution in [0.2, 0.25) is 5.02 Å². The number of hydrogen-bond donors (Lipinski definition) is 2. The summed E-state index contributed by atoms with van der Waals surface area (Å²) in [7, 11) is 0. The SMILES string of the molecule is CCOC(=O)CN1CCC(C2CC(c3ccc(Cl)cc3)NN2)CC1. The highest BCUT2D eigenvalue weighted by molar-refractivity contribution is 6.30. The maximum absolute atomic E-state index is 11.6. The molecule has 2 saturated heterocycles. The molecule has 0 bridgehead atoms. The molecule has 132 valence electrons. The summed E-state index contributed by atoms with van der Waals surface area (Å²) >= 11 is 5.96. The number of rotatable bonds is 5. The van der Waals surface area contributed by atoms with E-state index in [1.807, 2.05) is 19.1 Å². The van der Waals surface area contributed by atoms with E-state index < -0.39 is 0 Å². The van der Waals surface area contributed by atoms with E-state index >= 15 is 0 Å². The largest absolute Gasteiger partial charge is 0.465 e. The number of carbonyl (C=O) groups excluding carboxylic acids is 1. The Hall–Kier alpha value is -1.14. The lowest BCUT2D eigenvalue weighted by Gasteiger charge is -2.34. The molecular formula is C18H26ClN3O2. The van der Waals surface area contributed by atoms with Crippen molar-refractivity contribution in [3.05, 3.63) is 34.9 Å². The standard InChI is InChI=1S/C18H26ClN3O2/c1-2-24-18(23)12-22-9-7-14(8-10-22)17-11-16(20-21-17)13-3-5-15(19)6-4-13/h3-6,14,16-17,20-21H,2,7-12H2,1H3. The monoisotopic (exact) mass is 351 g/mol. The van der Waals surface area contributed by atoms with Crippen molar-refractivity contribution in [3.8, 4) is 0 Å². The van der Waals surface area contributed by atoms with E-state index in [9.17, 15) is 4.79 Å². The number of hydrazine groups is 1. The van der Waals surface area contributed by atoms with Gasteiger partial charge in [0.2, 0.25) is 0 Å². The van der Waals surface area contributed by atoms with Crippen molar-refractivity contribution in [3.63, 3.8) is 0 Å². The fourth-order valence-corrected chi connectivity index (χ4v) is 3.83. The molecule has 1 aromatic rings. The van der Waals surface area contributed by atoms with Gasteiger partial charge in [-0.25, -0.2) is 0 Å². The Morgan fingerprint density at radius 3 is 2.62 bits per heavy atom. The van der Waals surface area contributed by atoms with Gasteiger partial charge in [-0.3, -0.25) is 20.5 Å². The molecule has 3 rings (SSSR count). The van der Waals surface area contributed by atoms with Gasteiger partial charge in [-0.05, 0) is 62.9 Å². The highest BCUT2D eigenvalue weighted by Gasteiger charge is 2.33. The van der Waals surface area contributed by atoms with Crippen molar-refractivity contribution in [2.75, 3.05) is 26.2 Å². The number of halogens is 1. The quantitative estimate of drug-likeness (QED) is 0.798. The Labute approximate surface area is 148 Å². The van der Waals surface area contributed by atoms with E-state index in [0.29, 0.717) is 31.2 Å². The van der Waals surface area contributed by atoms with Gasteiger partial charge in [-0.2, -0.15) is 0 Å². The van der Waals surface area contributed by atoms with Gasteiger partial charge in [-0.15, -0.1) is 0 Å². The minimum atomic E-state index is -0.112. The fraction of sp³-hybridized carbons (Fsp3) is 0.611. The molecule has 5 nitrogen and oxygen atoms in total. The molecule has 2 aliphatic rings. The van der Waals surface area contributed by atoms with Crippen LogP contribution in [0, 0.1) is 5.92 Å². The lowest BCUT2D eigenvalue weighted by Crippen LogP contribution is -2.44. The number of likely N-dealkylation sites (tertiary alicyclic amines) is 1. The van der Waals surface area contributed by atoms with Gasteiger partial charge in [-0.1, -0.05) is 23.7 Å². The van der Waals surface area contributed by atoms with Gasteiger partial charge < -0.3 is 4.74 Å². The van der Waals surface area contributed by atoms with Crippen LogP contribution in [0.25, 0.3) is 0 Å². The normalized spacial score (nSPS) is 25.8. The number of hydrogen-bond acceptors (Lipinski definition) is 5. The van der Waals surface area contributed by atoms with Gasteiger partial charge in [0.1, 0.15) is 0 Å². The minimum absolute atomic E-state index is 0.112. The molecule has 24 heavy (non-hydrogen) atoms. The molecule has 0 saturated carbocycles. The molecule has 2 fully saturated rings. The van der Waals surface area contributed by atoms with Crippen LogP contribution in [0.5, 0.6) is 0 Å². The van der Waals surface area contributed by atoms with Crippen LogP contribution in [0.1, 0.15) is 37.8 Å². The Balaban J connectivity index is 1.46. The zero-order valence-corrected chi connectivity index (χ0v) is 14.9. The third-order valence-electron chi connectivity index (χ3n) is 5.06. The van der Waals surface area contributed by atoms with E-state index in [2.05, 4.69) is 27.9 Å². The van der Waals surface area contributed by atoms with Crippen molar-refractivity contribution in [1.82, 2.24) is 15.8 Å².